The van der Waals surface area contributed by atoms with Crippen LogP contribution in [0, 0.1) is 5.82 Å². The highest BCUT2D eigenvalue weighted by molar-refractivity contribution is 5.79. The highest BCUT2D eigenvalue weighted by Gasteiger charge is 2.30. The van der Waals surface area contributed by atoms with Gasteiger partial charge in [-0.05, 0) is 37.4 Å². The lowest BCUT2D eigenvalue weighted by Crippen LogP contribution is -2.56. The number of hydrogen-bond donors (Lipinski definition) is 1. The molecule has 0 radical (unpaired) electrons. The molecule has 0 saturated carbocycles. The zero-order valence-electron chi connectivity index (χ0n) is 13.9. The summed E-state index contributed by atoms with van der Waals surface area (Å²) in [5.74, 6) is 0.0907. The van der Waals surface area contributed by atoms with Gasteiger partial charge in [0, 0.05) is 37.8 Å². The van der Waals surface area contributed by atoms with E-state index >= 15 is 0 Å². The number of nitrogens with one attached hydrogen (secondary N) is 1. The van der Waals surface area contributed by atoms with Gasteiger partial charge in [0.2, 0.25) is 5.91 Å². The third-order valence-electron chi connectivity index (χ3n) is 5.03. The van der Waals surface area contributed by atoms with Gasteiger partial charge in [-0.1, -0.05) is 19.1 Å². The van der Waals surface area contributed by atoms with Crippen LogP contribution in [0.25, 0.3) is 0 Å². The molecule has 2 aliphatic heterocycles. The molecule has 0 bridgehead atoms. The first kappa shape index (κ1) is 16.4. The summed E-state index contributed by atoms with van der Waals surface area (Å²) in [6, 6.07) is 5.63. The number of carbonyl (C=O) groups is 1. The summed E-state index contributed by atoms with van der Waals surface area (Å²) in [6.07, 6.45) is 2.97. The monoisotopic (exact) mass is 319 g/mol. The van der Waals surface area contributed by atoms with Gasteiger partial charge in [-0.3, -0.25) is 9.69 Å². The van der Waals surface area contributed by atoms with Gasteiger partial charge in [-0.15, -0.1) is 0 Å². The van der Waals surface area contributed by atoms with Crippen molar-refractivity contribution in [2.75, 3.05) is 32.7 Å². The highest BCUT2D eigenvalue weighted by Crippen LogP contribution is 2.22. The molecule has 0 spiro atoms. The quantitative estimate of drug-likeness (QED) is 0.919. The van der Waals surface area contributed by atoms with Crippen LogP contribution in [-0.2, 0) is 17.8 Å². The molecular weight excluding hydrogens is 293 g/mol. The van der Waals surface area contributed by atoms with Gasteiger partial charge >= 0.3 is 0 Å². The summed E-state index contributed by atoms with van der Waals surface area (Å²) in [5, 5.41) is 3.12. The normalized spacial score (nSPS) is 23.3. The topological polar surface area (TPSA) is 35.6 Å². The molecule has 1 amide bonds. The number of carbonyl (C=O) groups excluding carboxylic acids is 1. The summed E-state index contributed by atoms with van der Waals surface area (Å²) in [4.78, 5) is 16.4. The summed E-state index contributed by atoms with van der Waals surface area (Å²) in [5.41, 5.74) is 1.91. The smallest absolute Gasteiger partial charge is 0.236 e. The second-order valence-corrected chi connectivity index (χ2v) is 6.53. The minimum Gasteiger partial charge on any atom is -0.336 e. The number of benzene rings is 1. The number of rotatable bonds is 4. The number of piperidine rings is 1. The Labute approximate surface area is 137 Å². The molecule has 23 heavy (non-hydrogen) atoms. The van der Waals surface area contributed by atoms with Gasteiger partial charge in [0.15, 0.2) is 0 Å². The summed E-state index contributed by atoms with van der Waals surface area (Å²) < 4.78 is 14.2. The molecule has 1 unspecified atom stereocenters. The Bertz CT molecular complexity index is 563. The van der Waals surface area contributed by atoms with Crippen LogP contribution < -0.4 is 5.32 Å². The number of aryl methyl sites for hydroxylation is 1. The van der Waals surface area contributed by atoms with Crippen molar-refractivity contribution in [1.29, 1.82) is 0 Å². The van der Waals surface area contributed by atoms with Crippen molar-refractivity contribution in [1.82, 2.24) is 15.1 Å². The molecule has 2 fully saturated rings. The molecule has 2 heterocycles. The number of likely N-dealkylation sites (tertiary alicyclic amines) is 1. The third kappa shape index (κ3) is 3.72. The molecule has 1 aromatic carbocycles. The van der Waals surface area contributed by atoms with Crippen molar-refractivity contribution in [3.63, 3.8) is 0 Å². The summed E-state index contributed by atoms with van der Waals surface area (Å²) in [7, 11) is 0. The van der Waals surface area contributed by atoms with E-state index in [1.54, 1.807) is 12.1 Å². The zero-order valence-corrected chi connectivity index (χ0v) is 13.9. The minimum absolute atomic E-state index is 0.107. The van der Waals surface area contributed by atoms with E-state index in [2.05, 4.69) is 17.1 Å². The van der Waals surface area contributed by atoms with E-state index in [9.17, 15) is 9.18 Å². The first-order valence-corrected chi connectivity index (χ1v) is 8.68. The van der Waals surface area contributed by atoms with E-state index in [1.165, 1.54) is 0 Å². The molecule has 5 heteroatoms. The fraction of sp³-hybridized carbons (Fsp3) is 0.611. The fourth-order valence-electron chi connectivity index (χ4n) is 3.77. The summed E-state index contributed by atoms with van der Waals surface area (Å²) in [6.45, 7) is 6.65. The number of amides is 1. The van der Waals surface area contributed by atoms with Crippen LogP contribution in [0.2, 0.25) is 0 Å². The van der Waals surface area contributed by atoms with Crippen LogP contribution >= 0.6 is 0 Å². The van der Waals surface area contributed by atoms with Gasteiger partial charge in [-0.2, -0.15) is 0 Å². The highest BCUT2D eigenvalue weighted by atomic mass is 19.1. The number of hydrogen-bond acceptors (Lipinski definition) is 3. The number of nitrogens with zero attached hydrogens (tertiary/aromatic N) is 2. The average Bonchev–Trinajstić information content (AvgIpc) is 2.57. The maximum Gasteiger partial charge on any atom is 0.236 e. The van der Waals surface area contributed by atoms with E-state index in [0.717, 1.165) is 56.6 Å². The van der Waals surface area contributed by atoms with Crippen LogP contribution in [0.3, 0.4) is 0 Å². The van der Waals surface area contributed by atoms with Crippen LogP contribution in [0.1, 0.15) is 30.9 Å². The van der Waals surface area contributed by atoms with E-state index in [0.29, 0.717) is 13.1 Å². The fourth-order valence-corrected chi connectivity index (χ4v) is 3.77. The molecule has 2 aliphatic rings. The van der Waals surface area contributed by atoms with Crippen LogP contribution in [-0.4, -0.2) is 54.5 Å². The Kier molecular flexibility index (Phi) is 5.28. The van der Waals surface area contributed by atoms with Crippen LogP contribution in [0.5, 0.6) is 0 Å². The Morgan fingerprint density at radius 3 is 3.00 bits per heavy atom. The van der Waals surface area contributed by atoms with Gasteiger partial charge in [0.05, 0.1) is 6.54 Å². The van der Waals surface area contributed by atoms with Gasteiger partial charge in [0.25, 0.3) is 0 Å². The molecule has 0 aromatic heterocycles. The molecule has 1 N–H and O–H groups in total. The lowest BCUT2D eigenvalue weighted by Gasteiger charge is -2.41. The van der Waals surface area contributed by atoms with E-state index in [1.807, 2.05) is 11.0 Å². The van der Waals surface area contributed by atoms with Crippen molar-refractivity contribution in [2.45, 2.75) is 38.8 Å². The Morgan fingerprint density at radius 2 is 2.22 bits per heavy atom. The second kappa shape index (κ2) is 7.41. The third-order valence-corrected chi connectivity index (χ3v) is 5.03. The van der Waals surface area contributed by atoms with Crippen molar-refractivity contribution in [3.05, 3.63) is 35.1 Å². The van der Waals surface area contributed by atoms with Crippen LogP contribution in [0.15, 0.2) is 18.2 Å². The average molecular weight is 319 g/mol. The lowest BCUT2D eigenvalue weighted by atomic mass is 10.00. The predicted molar refractivity (Wildman–Crippen MR) is 88.7 cm³/mol. The maximum absolute atomic E-state index is 14.2. The van der Waals surface area contributed by atoms with Gasteiger partial charge < -0.3 is 10.2 Å². The Hall–Kier alpha value is -1.46. The first-order chi connectivity index (χ1) is 11.2. The Morgan fingerprint density at radius 1 is 1.35 bits per heavy atom. The zero-order chi connectivity index (χ0) is 16.2. The van der Waals surface area contributed by atoms with E-state index in [-0.39, 0.29) is 17.8 Å². The molecule has 3 rings (SSSR count). The predicted octanol–water partition coefficient (Wildman–Crippen LogP) is 1.78. The van der Waals surface area contributed by atoms with E-state index < -0.39 is 0 Å². The van der Waals surface area contributed by atoms with Gasteiger partial charge in [0.1, 0.15) is 5.82 Å². The van der Waals surface area contributed by atoms with Crippen molar-refractivity contribution in [3.8, 4) is 0 Å². The molecule has 2 saturated heterocycles. The van der Waals surface area contributed by atoms with Crippen LogP contribution in [0.4, 0.5) is 4.39 Å². The Balaban J connectivity index is 1.68. The van der Waals surface area contributed by atoms with Crippen molar-refractivity contribution < 1.29 is 9.18 Å². The molecule has 0 aliphatic carbocycles. The first-order valence-electron chi connectivity index (χ1n) is 8.68. The standard InChI is InChI=1S/C18H26FN3O/c1-2-14-5-3-7-17(19)16(14)13-21-9-4-6-15(12-21)22-10-8-20-11-18(22)23/h3,5,7,15,20H,2,4,6,8-13H2,1H3. The number of halogens is 1. The largest absolute Gasteiger partial charge is 0.336 e. The molecule has 1 atom stereocenters. The van der Waals surface area contributed by atoms with E-state index in [4.69, 9.17) is 0 Å². The molecule has 1 aromatic rings. The maximum atomic E-state index is 14.2. The minimum atomic E-state index is -0.107. The number of piperazine rings is 1. The molecule has 126 valence electrons. The lowest BCUT2D eigenvalue weighted by molar-refractivity contribution is -0.135. The van der Waals surface area contributed by atoms with Crippen molar-refractivity contribution in [2.24, 2.45) is 0 Å². The SMILES string of the molecule is CCc1cccc(F)c1CN1CCCC(N2CCNCC2=O)C1. The van der Waals surface area contributed by atoms with Gasteiger partial charge in [-0.25, -0.2) is 4.39 Å². The second-order valence-electron chi connectivity index (χ2n) is 6.53. The molecule has 4 nitrogen and oxygen atoms in total. The van der Waals surface area contributed by atoms with Crippen molar-refractivity contribution >= 4 is 5.91 Å². The summed E-state index contributed by atoms with van der Waals surface area (Å²) >= 11 is 0. The molecular formula is C18H26FN3O.